The van der Waals surface area contributed by atoms with Crippen molar-refractivity contribution < 1.29 is 0 Å². The van der Waals surface area contributed by atoms with Gasteiger partial charge in [-0.3, -0.25) is 0 Å². The molecule has 0 saturated carbocycles. The zero-order chi connectivity index (χ0) is 7.26. The summed E-state index contributed by atoms with van der Waals surface area (Å²) in [6.45, 7) is 1.17. The molecule has 0 radical (unpaired) electrons. The van der Waals surface area contributed by atoms with Crippen LogP contribution >= 0.6 is 0 Å². The highest BCUT2D eigenvalue weighted by Gasteiger charge is 2.29. The summed E-state index contributed by atoms with van der Waals surface area (Å²) in [6, 6.07) is 6.63. The minimum atomic E-state index is 0.834. The highest BCUT2D eigenvalue weighted by Crippen LogP contribution is 2.42. The minimum absolute atomic E-state index is 0.834. The first-order valence-electron chi connectivity index (χ1n) is 4.31. The van der Waals surface area contributed by atoms with Gasteiger partial charge in [0.25, 0.3) is 0 Å². The number of benzene rings is 1. The maximum absolute atomic E-state index is 3.44. The molecule has 1 atom stereocenters. The van der Waals surface area contributed by atoms with Gasteiger partial charge in [-0.05, 0) is 30.0 Å². The predicted molar refractivity (Wildman–Crippen MR) is 46.0 cm³/mol. The lowest BCUT2D eigenvalue weighted by Crippen LogP contribution is -1.98. The average molecular weight is 145 g/mol. The Hall–Kier alpha value is -0.980. The summed E-state index contributed by atoms with van der Waals surface area (Å²) in [5.74, 6) is 0.834. The number of nitrogens with one attached hydrogen (secondary N) is 1. The summed E-state index contributed by atoms with van der Waals surface area (Å²) in [5.41, 5.74) is 4.59. The molecule has 1 aliphatic heterocycles. The fourth-order valence-electron chi connectivity index (χ4n) is 2.38. The summed E-state index contributed by atoms with van der Waals surface area (Å²) >= 11 is 0. The van der Waals surface area contributed by atoms with Crippen molar-refractivity contribution in [2.75, 3.05) is 11.9 Å². The Kier molecular flexibility index (Phi) is 0.916. The summed E-state index contributed by atoms with van der Waals surface area (Å²) in [5, 5.41) is 3.44. The third-order valence-electron chi connectivity index (χ3n) is 2.91. The normalized spacial score (nSPS) is 24.9. The first-order valence-corrected chi connectivity index (χ1v) is 4.31. The van der Waals surface area contributed by atoms with E-state index in [1.807, 2.05) is 0 Å². The lowest BCUT2D eigenvalue weighted by Gasteiger charge is -2.00. The summed E-state index contributed by atoms with van der Waals surface area (Å²) in [4.78, 5) is 0. The molecule has 0 bridgehead atoms. The van der Waals surface area contributed by atoms with Crippen molar-refractivity contribution in [3.8, 4) is 0 Å². The molecule has 3 rings (SSSR count). The van der Waals surface area contributed by atoms with E-state index in [1.165, 1.54) is 25.1 Å². The van der Waals surface area contributed by atoms with Crippen LogP contribution in [-0.2, 0) is 6.42 Å². The van der Waals surface area contributed by atoms with Crippen LogP contribution in [0.15, 0.2) is 18.2 Å². The van der Waals surface area contributed by atoms with E-state index >= 15 is 0 Å². The number of hydrogen-bond donors (Lipinski definition) is 1. The lowest BCUT2D eigenvalue weighted by atomic mass is 10.0. The van der Waals surface area contributed by atoms with Gasteiger partial charge in [0.2, 0.25) is 0 Å². The Morgan fingerprint density at radius 1 is 1.36 bits per heavy atom. The standard InChI is InChI=1S/C10H11N/c1-2-7-4-5-8-6-11-9(3-1)10(7)8/h1-3,8,11H,4-6H2. The molecule has 0 aromatic heterocycles. The van der Waals surface area contributed by atoms with E-state index in [-0.39, 0.29) is 0 Å². The van der Waals surface area contributed by atoms with Crippen molar-refractivity contribution in [3.05, 3.63) is 29.3 Å². The second kappa shape index (κ2) is 1.79. The van der Waals surface area contributed by atoms with Crippen molar-refractivity contribution >= 4 is 5.69 Å². The van der Waals surface area contributed by atoms with Gasteiger partial charge in [0, 0.05) is 18.2 Å². The highest BCUT2D eigenvalue weighted by atomic mass is 14.9. The molecule has 1 heterocycles. The minimum Gasteiger partial charge on any atom is -0.384 e. The first kappa shape index (κ1) is 5.64. The largest absolute Gasteiger partial charge is 0.384 e. The van der Waals surface area contributed by atoms with Crippen LogP contribution in [0.4, 0.5) is 5.69 Å². The molecule has 11 heavy (non-hydrogen) atoms. The van der Waals surface area contributed by atoms with E-state index in [4.69, 9.17) is 0 Å². The van der Waals surface area contributed by atoms with Gasteiger partial charge in [-0.15, -0.1) is 0 Å². The molecule has 2 aliphatic rings. The number of anilines is 1. The summed E-state index contributed by atoms with van der Waals surface area (Å²) in [6.07, 6.45) is 2.66. The van der Waals surface area contributed by atoms with Crippen LogP contribution in [0.1, 0.15) is 23.5 Å². The zero-order valence-electron chi connectivity index (χ0n) is 6.43. The SMILES string of the molecule is c1cc2c3c(c1)NCC3CC2. The fraction of sp³-hybridized carbons (Fsp3) is 0.400. The topological polar surface area (TPSA) is 12.0 Å². The van der Waals surface area contributed by atoms with Gasteiger partial charge < -0.3 is 5.32 Å². The highest BCUT2D eigenvalue weighted by molar-refractivity contribution is 5.62. The van der Waals surface area contributed by atoms with Crippen molar-refractivity contribution in [2.45, 2.75) is 18.8 Å². The maximum Gasteiger partial charge on any atom is 0.0379 e. The van der Waals surface area contributed by atoms with E-state index in [0.29, 0.717) is 0 Å². The molecule has 1 aliphatic carbocycles. The lowest BCUT2D eigenvalue weighted by molar-refractivity contribution is 0.733. The Morgan fingerprint density at radius 3 is 3.36 bits per heavy atom. The van der Waals surface area contributed by atoms with Gasteiger partial charge in [-0.1, -0.05) is 12.1 Å². The zero-order valence-corrected chi connectivity index (χ0v) is 6.43. The molecular weight excluding hydrogens is 134 g/mol. The van der Waals surface area contributed by atoms with Crippen molar-refractivity contribution in [3.63, 3.8) is 0 Å². The molecule has 56 valence electrons. The Balaban J connectivity index is 2.31. The van der Waals surface area contributed by atoms with Gasteiger partial charge >= 0.3 is 0 Å². The average Bonchev–Trinajstić information content (AvgIpc) is 2.60. The molecular formula is C10H11N. The smallest absolute Gasteiger partial charge is 0.0379 e. The number of hydrogen-bond acceptors (Lipinski definition) is 1. The van der Waals surface area contributed by atoms with Gasteiger partial charge in [-0.25, -0.2) is 0 Å². The quantitative estimate of drug-likeness (QED) is 0.589. The molecule has 1 nitrogen and oxygen atoms in total. The first-order chi connectivity index (χ1) is 5.45. The number of rotatable bonds is 0. The molecule has 0 fully saturated rings. The molecule has 0 saturated heterocycles. The molecule has 1 aromatic rings. The third-order valence-corrected chi connectivity index (χ3v) is 2.91. The maximum atomic E-state index is 3.44. The fourth-order valence-corrected chi connectivity index (χ4v) is 2.38. The Bertz CT molecular complexity index is 277. The van der Waals surface area contributed by atoms with E-state index in [2.05, 4.69) is 23.5 Å². The second-order valence-corrected chi connectivity index (χ2v) is 3.49. The van der Waals surface area contributed by atoms with E-state index in [0.717, 1.165) is 5.92 Å². The molecule has 0 spiro atoms. The Morgan fingerprint density at radius 2 is 2.36 bits per heavy atom. The van der Waals surface area contributed by atoms with Gasteiger partial charge in [0.05, 0.1) is 0 Å². The van der Waals surface area contributed by atoms with Crippen LogP contribution in [0.25, 0.3) is 0 Å². The third kappa shape index (κ3) is 0.609. The van der Waals surface area contributed by atoms with E-state index in [9.17, 15) is 0 Å². The van der Waals surface area contributed by atoms with Gasteiger partial charge in [0.15, 0.2) is 0 Å². The molecule has 1 aromatic carbocycles. The number of aryl methyl sites for hydroxylation is 1. The second-order valence-electron chi connectivity index (χ2n) is 3.49. The van der Waals surface area contributed by atoms with Crippen LogP contribution in [-0.4, -0.2) is 6.54 Å². The predicted octanol–water partition coefficient (Wildman–Crippen LogP) is 2.14. The van der Waals surface area contributed by atoms with Crippen molar-refractivity contribution in [2.24, 2.45) is 0 Å². The van der Waals surface area contributed by atoms with Crippen LogP contribution < -0.4 is 5.32 Å². The molecule has 1 unspecified atom stereocenters. The Labute approximate surface area is 66.4 Å². The van der Waals surface area contributed by atoms with Gasteiger partial charge in [-0.2, -0.15) is 0 Å². The van der Waals surface area contributed by atoms with E-state index in [1.54, 1.807) is 11.1 Å². The summed E-state index contributed by atoms with van der Waals surface area (Å²) < 4.78 is 0. The van der Waals surface area contributed by atoms with Crippen molar-refractivity contribution in [1.82, 2.24) is 0 Å². The van der Waals surface area contributed by atoms with Crippen molar-refractivity contribution in [1.29, 1.82) is 0 Å². The van der Waals surface area contributed by atoms with Crippen LogP contribution in [0.3, 0.4) is 0 Å². The van der Waals surface area contributed by atoms with Crippen LogP contribution in [0, 0.1) is 0 Å². The van der Waals surface area contributed by atoms with Gasteiger partial charge in [0.1, 0.15) is 0 Å². The molecule has 1 N–H and O–H groups in total. The summed E-state index contributed by atoms with van der Waals surface area (Å²) in [7, 11) is 0. The van der Waals surface area contributed by atoms with Crippen LogP contribution in [0.5, 0.6) is 0 Å². The molecule has 1 heteroatoms. The molecule has 0 amide bonds. The monoisotopic (exact) mass is 145 g/mol. The van der Waals surface area contributed by atoms with Crippen LogP contribution in [0.2, 0.25) is 0 Å². The van der Waals surface area contributed by atoms with E-state index < -0.39 is 0 Å².